The summed E-state index contributed by atoms with van der Waals surface area (Å²) in [5, 5.41) is 10.8. The van der Waals surface area contributed by atoms with Gasteiger partial charge in [0.25, 0.3) is 0 Å². The first kappa shape index (κ1) is 13.9. The van der Waals surface area contributed by atoms with Crippen molar-refractivity contribution in [2.24, 2.45) is 0 Å². The quantitative estimate of drug-likeness (QED) is 0.921. The van der Waals surface area contributed by atoms with Gasteiger partial charge in [-0.1, -0.05) is 12.1 Å². The molecule has 110 valence electrons. The first-order valence-corrected chi connectivity index (χ1v) is 7.01. The minimum atomic E-state index is -0.976. The minimum Gasteiger partial charge on any atom is -0.383 e. The lowest BCUT2D eigenvalue weighted by Crippen LogP contribution is -2.31. The maximum absolute atomic E-state index is 13.0. The largest absolute Gasteiger partial charge is 0.383 e. The highest BCUT2D eigenvalue weighted by Crippen LogP contribution is 2.33. The van der Waals surface area contributed by atoms with Crippen LogP contribution in [0.5, 0.6) is 0 Å². The lowest BCUT2D eigenvalue weighted by Gasteiger charge is -2.24. The van der Waals surface area contributed by atoms with Gasteiger partial charge in [-0.05, 0) is 43.5 Å². The lowest BCUT2D eigenvalue weighted by molar-refractivity contribution is 0.0605. The molecular weight excluding hydrogens is 269 g/mol. The van der Waals surface area contributed by atoms with E-state index in [0.29, 0.717) is 25.5 Å². The summed E-state index contributed by atoms with van der Waals surface area (Å²) < 4.78 is 13.0. The molecule has 5 heteroatoms. The summed E-state index contributed by atoms with van der Waals surface area (Å²) in [7, 11) is 0. The molecule has 1 aromatic heterocycles. The van der Waals surface area contributed by atoms with Crippen molar-refractivity contribution >= 4 is 5.95 Å². The number of aliphatic hydroxyl groups is 1. The molecule has 0 radical (unpaired) electrons. The minimum absolute atomic E-state index is 0.297. The fourth-order valence-corrected chi connectivity index (χ4v) is 2.63. The molecule has 1 atom stereocenters. The maximum Gasteiger partial charge on any atom is 0.225 e. The maximum atomic E-state index is 13.0. The second-order valence-corrected chi connectivity index (χ2v) is 5.65. The second kappa shape index (κ2) is 5.07. The predicted octanol–water partition coefficient (Wildman–Crippen LogP) is 2.33. The third-order valence-corrected chi connectivity index (χ3v) is 4.12. The number of aromatic nitrogens is 2. The summed E-state index contributed by atoms with van der Waals surface area (Å²) in [6.07, 6.45) is 2.38. The van der Waals surface area contributed by atoms with Gasteiger partial charge in [-0.2, -0.15) is 0 Å². The summed E-state index contributed by atoms with van der Waals surface area (Å²) in [5.41, 5.74) is 1.75. The van der Waals surface area contributed by atoms with Gasteiger partial charge in [0.05, 0.1) is 6.54 Å². The fourth-order valence-electron chi connectivity index (χ4n) is 2.63. The van der Waals surface area contributed by atoms with Crippen molar-refractivity contribution in [3.05, 3.63) is 53.1 Å². The Balaban J connectivity index is 1.83. The fraction of sp³-hybridized carbons (Fsp3) is 0.375. The Kier molecular flexibility index (Phi) is 3.37. The molecule has 1 unspecified atom stereocenters. The normalized spacial score (nSPS) is 21.8. The molecule has 2 aromatic rings. The molecule has 1 N–H and O–H groups in total. The molecule has 4 nitrogen and oxygen atoms in total. The highest BCUT2D eigenvalue weighted by molar-refractivity contribution is 5.38. The lowest BCUT2D eigenvalue weighted by atomic mass is 9.93. The van der Waals surface area contributed by atoms with E-state index in [1.54, 1.807) is 18.3 Å². The monoisotopic (exact) mass is 287 g/mol. The number of nitrogens with zero attached hydrogens (tertiary/aromatic N) is 3. The van der Waals surface area contributed by atoms with Gasteiger partial charge in [0.1, 0.15) is 11.4 Å². The van der Waals surface area contributed by atoms with Gasteiger partial charge in [-0.25, -0.2) is 14.4 Å². The van der Waals surface area contributed by atoms with Crippen LogP contribution in [0.2, 0.25) is 0 Å². The van der Waals surface area contributed by atoms with E-state index in [2.05, 4.69) is 9.97 Å². The number of halogens is 1. The first-order chi connectivity index (χ1) is 9.98. The zero-order valence-electron chi connectivity index (χ0n) is 12.2. The number of rotatable bonds is 2. The molecular formula is C16H18FN3O. The Hall–Kier alpha value is -2.01. The van der Waals surface area contributed by atoms with Crippen LogP contribution in [-0.2, 0) is 5.60 Å². The van der Waals surface area contributed by atoms with Crippen LogP contribution in [-0.4, -0.2) is 28.2 Å². The zero-order valence-corrected chi connectivity index (χ0v) is 12.2. The van der Waals surface area contributed by atoms with Crippen LogP contribution in [0, 0.1) is 19.7 Å². The number of benzene rings is 1. The van der Waals surface area contributed by atoms with E-state index in [9.17, 15) is 9.50 Å². The summed E-state index contributed by atoms with van der Waals surface area (Å²) in [6, 6.07) is 6.03. The number of anilines is 1. The zero-order chi connectivity index (χ0) is 15.0. The Morgan fingerprint density at radius 3 is 2.62 bits per heavy atom. The van der Waals surface area contributed by atoms with Crippen LogP contribution >= 0.6 is 0 Å². The third-order valence-electron chi connectivity index (χ3n) is 4.12. The van der Waals surface area contributed by atoms with Gasteiger partial charge in [-0.15, -0.1) is 0 Å². The Bertz CT molecular complexity index is 659. The third kappa shape index (κ3) is 2.61. The van der Waals surface area contributed by atoms with E-state index in [4.69, 9.17) is 0 Å². The first-order valence-electron chi connectivity index (χ1n) is 7.01. The molecule has 1 aromatic carbocycles. The molecule has 3 rings (SSSR count). The van der Waals surface area contributed by atoms with Crippen LogP contribution in [0.25, 0.3) is 0 Å². The van der Waals surface area contributed by atoms with Crippen molar-refractivity contribution in [2.75, 3.05) is 18.0 Å². The van der Waals surface area contributed by atoms with Crippen molar-refractivity contribution in [1.29, 1.82) is 0 Å². The molecule has 1 aliphatic heterocycles. The standard InChI is InChI=1S/C16H18FN3O/c1-11-9-18-15(19-12(11)2)20-8-7-16(21,10-20)13-3-5-14(17)6-4-13/h3-6,9,21H,7-8,10H2,1-2H3. The summed E-state index contributed by atoms with van der Waals surface area (Å²) in [5.74, 6) is 0.339. The molecule has 0 saturated carbocycles. The molecule has 1 saturated heterocycles. The summed E-state index contributed by atoms with van der Waals surface area (Å²) in [4.78, 5) is 10.8. The summed E-state index contributed by atoms with van der Waals surface area (Å²) in [6.45, 7) is 5.01. The number of aryl methyl sites for hydroxylation is 2. The Morgan fingerprint density at radius 1 is 1.24 bits per heavy atom. The predicted molar refractivity (Wildman–Crippen MR) is 78.6 cm³/mol. The van der Waals surface area contributed by atoms with E-state index in [-0.39, 0.29) is 5.82 Å². The molecule has 0 aliphatic carbocycles. The Labute approximate surface area is 123 Å². The van der Waals surface area contributed by atoms with Crippen LogP contribution < -0.4 is 4.90 Å². The van der Waals surface area contributed by atoms with Gasteiger partial charge >= 0.3 is 0 Å². The van der Waals surface area contributed by atoms with Crippen LogP contribution in [0.15, 0.2) is 30.5 Å². The average molecular weight is 287 g/mol. The number of hydrogen-bond acceptors (Lipinski definition) is 4. The molecule has 1 fully saturated rings. The van der Waals surface area contributed by atoms with E-state index in [0.717, 1.165) is 16.8 Å². The van der Waals surface area contributed by atoms with Crippen molar-refractivity contribution in [3.63, 3.8) is 0 Å². The Morgan fingerprint density at radius 2 is 1.95 bits per heavy atom. The van der Waals surface area contributed by atoms with Crippen molar-refractivity contribution in [3.8, 4) is 0 Å². The SMILES string of the molecule is Cc1cnc(N2CCC(O)(c3ccc(F)cc3)C2)nc1C. The highest BCUT2D eigenvalue weighted by atomic mass is 19.1. The molecule has 21 heavy (non-hydrogen) atoms. The van der Waals surface area contributed by atoms with Gasteiger partial charge < -0.3 is 10.0 Å². The number of hydrogen-bond donors (Lipinski definition) is 1. The van der Waals surface area contributed by atoms with E-state index in [1.165, 1.54) is 12.1 Å². The van der Waals surface area contributed by atoms with Gasteiger partial charge in [0, 0.05) is 18.4 Å². The highest BCUT2D eigenvalue weighted by Gasteiger charge is 2.38. The molecule has 0 spiro atoms. The second-order valence-electron chi connectivity index (χ2n) is 5.65. The van der Waals surface area contributed by atoms with Gasteiger partial charge in [0.2, 0.25) is 5.95 Å². The topological polar surface area (TPSA) is 49.2 Å². The number of β-amino-alcohol motifs (C(OH)–C–C–N with tert-alkyl or cyclic N) is 1. The van der Waals surface area contributed by atoms with E-state index in [1.807, 2.05) is 18.7 Å². The average Bonchev–Trinajstić information content (AvgIpc) is 2.86. The smallest absolute Gasteiger partial charge is 0.225 e. The molecule has 2 heterocycles. The summed E-state index contributed by atoms with van der Waals surface area (Å²) >= 11 is 0. The van der Waals surface area contributed by atoms with Crippen molar-refractivity contribution in [2.45, 2.75) is 25.9 Å². The van der Waals surface area contributed by atoms with Crippen LogP contribution in [0.1, 0.15) is 23.2 Å². The van der Waals surface area contributed by atoms with E-state index >= 15 is 0 Å². The van der Waals surface area contributed by atoms with Crippen molar-refractivity contribution in [1.82, 2.24) is 9.97 Å². The van der Waals surface area contributed by atoms with Gasteiger partial charge in [-0.3, -0.25) is 0 Å². The van der Waals surface area contributed by atoms with Crippen LogP contribution in [0.4, 0.5) is 10.3 Å². The van der Waals surface area contributed by atoms with Gasteiger partial charge in [0.15, 0.2) is 0 Å². The van der Waals surface area contributed by atoms with Crippen LogP contribution in [0.3, 0.4) is 0 Å². The molecule has 1 aliphatic rings. The van der Waals surface area contributed by atoms with Crippen molar-refractivity contribution < 1.29 is 9.50 Å². The molecule has 0 amide bonds. The molecule has 0 bridgehead atoms. The van der Waals surface area contributed by atoms with E-state index < -0.39 is 5.60 Å².